The number of fused-ring (bicyclic) bond motifs is 1. The Morgan fingerprint density at radius 2 is 1.82 bits per heavy atom. The molecule has 0 atom stereocenters. The number of nitrogens with zero attached hydrogens (tertiary/aromatic N) is 6. The highest BCUT2D eigenvalue weighted by Gasteiger charge is 2.25. The minimum atomic E-state index is 0.487. The van der Waals surface area contributed by atoms with Gasteiger partial charge in [0.1, 0.15) is 5.69 Å². The Hall–Kier alpha value is -3.19. The molecule has 0 radical (unpaired) electrons. The zero-order valence-electron chi connectivity index (χ0n) is 20.2. The van der Waals surface area contributed by atoms with Crippen molar-refractivity contribution in [1.82, 2.24) is 29.9 Å². The van der Waals surface area contributed by atoms with Crippen LogP contribution in [0.4, 0.5) is 5.69 Å². The van der Waals surface area contributed by atoms with Crippen molar-refractivity contribution in [3.05, 3.63) is 60.2 Å². The third-order valence-corrected chi connectivity index (χ3v) is 7.47. The topological polar surface area (TPSA) is 65.9 Å². The van der Waals surface area contributed by atoms with Crippen LogP contribution in [0.5, 0.6) is 0 Å². The first kappa shape index (κ1) is 21.4. The predicted octanol–water partition coefficient (Wildman–Crippen LogP) is 4.70. The summed E-state index contributed by atoms with van der Waals surface area (Å²) in [6.07, 6.45) is 9.61. The van der Waals surface area contributed by atoms with Crippen LogP contribution < -0.4 is 4.90 Å². The number of likely N-dealkylation sites (tertiary alicyclic amines) is 1. The van der Waals surface area contributed by atoms with Crippen LogP contribution in [0.2, 0.25) is 0 Å². The second kappa shape index (κ2) is 8.55. The summed E-state index contributed by atoms with van der Waals surface area (Å²) < 4.78 is 1.91. The SMILES string of the molecule is CC1(C)CCN(Cc2cc3ccc(Cn4cc(-c5cncc(N6CCC6)c5)nn4)cc3[nH]2)CC1. The Kier molecular flexibility index (Phi) is 5.37. The van der Waals surface area contributed by atoms with E-state index < -0.39 is 0 Å². The smallest absolute Gasteiger partial charge is 0.114 e. The van der Waals surface area contributed by atoms with E-state index in [1.54, 1.807) is 0 Å². The van der Waals surface area contributed by atoms with E-state index in [0.717, 1.165) is 30.9 Å². The van der Waals surface area contributed by atoms with Crippen molar-refractivity contribution in [3.63, 3.8) is 0 Å². The lowest BCUT2D eigenvalue weighted by Gasteiger charge is -2.36. The second-order valence-electron chi connectivity index (χ2n) is 10.7. The van der Waals surface area contributed by atoms with Crippen LogP contribution in [0.15, 0.2) is 48.9 Å². The molecule has 0 amide bonds. The summed E-state index contributed by atoms with van der Waals surface area (Å²) in [5.74, 6) is 0. The molecule has 2 aliphatic heterocycles. The number of piperidine rings is 1. The predicted molar refractivity (Wildman–Crippen MR) is 136 cm³/mol. The molecule has 2 aliphatic rings. The molecule has 0 aliphatic carbocycles. The number of hydrogen-bond donors (Lipinski definition) is 1. The number of rotatable bonds is 6. The number of hydrogen-bond acceptors (Lipinski definition) is 5. The van der Waals surface area contributed by atoms with Crippen LogP contribution in [-0.2, 0) is 13.1 Å². The van der Waals surface area contributed by atoms with Gasteiger partial charge in [0, 0.05) is 42.6 Å². The molecule has 1 aromatic carbocycles. The van der Waals surface area contributed by atoms with Crippen molar-refractivity contribution in [2.75, 3.05) is 31.1 Å². The third-order valence-electron chi connectivity index (χ3n) is 7.47. The lowest BCUT2D eigenvalue weighted by molar-refractivity contribution is 0.126. The fraction of sp³-hybridized carbons (Fsp3) is 0.444. The molecule has 34 heavy (non-hydrogen) atoms. The molecule has 2 saturated heterocycles. The van der Waals surface area contributed by atoms with Crippen molar-refractivity contribution in [3.8, 4) is 11.3 Å². The van der Waals surface area contributed by atoms with E-state index >= 15 is 0 Å². The summed E-state index contributed by atoms with van der Waals surface area (Å²) in [5.41, 5.74) is 7.23. The normalized spacial score (nSPS) is 18.4. The molecule has 5 heterocycles. The fourth-order valence-electron chi connectivity index (χ4n) is 4.99. The quantitative estimate of drug-likeness (QED) is 0.456. The summed E-state index contributed by atoms with van der Waals surface area (Å²) in [5, 5.41) is 10.1. The molecule has 3 aromatic heterocycles. The minimum Gasteiger partial charge on any atom is -0.370 e. The summed E-state index contributed by atoms with van der Waals surface area (Å²) >= 11 is 0. The van der Waals surface area contributed by atoms with E-state index in [1.165, 1.54) is 60.2 Å². The highest BCUT2D eigenvalue weighted by atomic mass is 15.4. The van der Waals surface area contributed by atoms with Gasteiger partial charge >= 0.3 is 0 Å². The molecule has 176 valence electrons. The molecule has 4 aromatic rings. The third kappa shape index (κ3) is 4.44. The van der Waals surface area contributed by atoms with Crippen LogP contribution in [0.1, 0.15) is 44.4 Å². The van der Waals surface area contributed by atoms with Gasteiger partial charge in [-0.1, -0.05) is 31.2 Å². The van der Waals surface area contributed by atoms with Crippen molar-refractivity contribution < 1.29 is 0 Å². The first-order chi connectivity index (χ1) is 16.5. The van der Waals surface area contributed by atoms with Gasteiger partial charge in [0.2, 0.25) is 0 Å². The molecule has 6 rings (SSSR count). The zero-order valence-corrected chi connectivity index (χ0v) is 20.2. The highest BCUT2D eigenvalue weighted by molar-refractivity contribution is 5.81. The summed E-state index contributed by atoms with van der Waals surface area (Å²) in [6, 6.07) is 11.1. The molecular formula is C27H33N7. The summed E-state index contributed by atoms with van der Waals surface area (Å²) in [6.45, 7) is 11.0. The van der Waals surface area contributed by atoms with Gasteiger partial charge in [0.15, 0.2) is 0 Å². The monoisotopic (exact) mass is 455 g/mol. The van der Waals surface area contributed by atoms with Gasteiger partial charge in [-0.3, -0.25) is 9.88 Å². The van der Waals surface area contributed by atoms with E-state index in [2.05, 4.69) is 74.3 Å². The molecule has 0 bridgehead atoms. The first-order valence-corrected chi connectivity index (χ1v) is 12.4. The fourth-order valence-corrected chi connectivity index (χ4v) is 4.99. The van der Waals surface area contributed by atoms with Crippen molar-refractivity contribution in [2.45, 2.75) is 46.2 Å². The Balaban J connectivity index is 1.14. The largest absolute Gasteiger partial charge is 0.370 e. The average Bonchev–Trinajstić information content (AvgIpc) is 3.41. The molecule has 2 fully saturated rings. The van der Waals surface area contributed by atoms with Gasteiger partial charge in [0.05, 0.1) is 24.6 Å². The van der Waals surface area contributed by atoms with E-state index in [9.17, 15) is 0 Å². The Morgan fingerprint density at radius 3 is 2.62 bits per heavy atom. The van der Waals surface area contributed by atoms with Gasteiger partial charge in [-0.25, -0.2) is 4.68 Å². The van der Waals surface area contributed by atoms with Crippen LogP contribution in [0.3, 0.4) is 0 Å². The maximum Gasteiger partial charge on any atom is 0.114 e. The van der Waals surface area contributed by atoms with Gasteiger partial charge in [-0.15, -0.1) is 5.10 Å². The molecule has 7 nitrogen and oxygen atoms in total. The number of nitrogens with one attached hydrogen (secondary N) is 1. The van der Waals surface area contributed by atoms with Crippen LogP contribution in [0, 0.1) is 5.41 Å². The van der Waals surface area contributed by atoms with Crippen molar-refractivity contribution >= 4 is 16.6 Å². The minimum absolute atomic E-state index is 0.487. The number of aromatic amines is 1. The number of aromatic nitrogens is 5. The maximum atomic E-state index is 4.42. The van der Waals surface area contributed by atoms with Gasteiger partial charge in [-0.2, -0.15) is 0 Å². The van der Waals surface area contributed by atoms with Gasteiger partial charge in [-0.05, 0) is 66.9 Å². The summed E-state index contributed by atoms with van der Waals surface area (Å²) in [4.78, 5) is 13.0. The van der Waals surface area contributed by atoms with Crippen LogP contribution in [-0.4, -0.2) is 56.0 Å². The highest BCUT2D eigenvalue weighted by Crippen LogP contribution is 2.30. The Morgan fingerprint density at radius 1 is 0.971 bits per heavy atom. The first-order valence-electron chi connectivity index (χ1n) is 12.4. The average molecular weight is 456 g/mol. The second-order valence-corrected chi connectivity index (χ2v) is 10.7. The number of anilines is 1. The van der Waals surface area contributed by atoms with Crippen molar-refractivity contribution in [2.24, 2.45) is 5.41 Å². The number of pyridine rings is 1. The van der Waals surface area contributed by atoms with Crippen LogP contribution in [0.25, 0.3) is 22.2 Å². The van der Waals surface area contributed by atoms with E-state index in [-0.39, 0.29) is 0 Å². The van der Waals surface area contributed by atoms with Crippen molar-refractivity contribution in [1.29, 1.82) is 0 Å². The lowest BCUT2D eigenvalue weighted by Crippen LogP contribution is -2.36. The zero-order chi connectivity index (χ0) is 23.1. The van der Waals surface area contributed by atoms with E-state index in [4.69, 9.17) is 0 Å². The Bertz CT molecular complexity index is 1290. The summed E-state index contributed by atoms with van der Waals surface area (Å²) in [7, 11) is 0. The molecule has 7 heteroatoms. The lowest BCUT2D eigenvalue weighted by atomic mass is 9.83. The van der Waals surface area contributed by atoms with Gasteiger partial charge in [0.25, 0.3) is 0 Å². The standard InChI is InChI=1S/C27H33N7/c1-27(2)6-10-32(11-7-27)18-23-13-21-5-4-20(12-25(21)29-23)17-34-19-26(30-31-34)22-14-24(16-28-15-22)33-8-3-9-33/h4-5,12-16,19,29H,3,6-11,17-18H2,1-2H3. The number of benzene rings is 1. The van der Waals surface area contributed by atoms with E-state index in [1.807, 2.05) is 23.3 Å². The molecular weight excluding hydrogens is 422 g/mol. The molecule has 0 unspecified atom stereocenters. The van der Waals surface area contributed by atoms with Crippen LogP contribution >= 0.6 is 0 Å². The molecule has 0 saturated carbocycles. The number of H-pyrrole nitrogens is 1. The molecule has 0 spiro atoms. The maximum absolute atomic E-state index is 4.42. The van der Waals surface area contributed by atoms with E-state index in [0.29, 0.717) is 12.0 Å². The molecule has 1 N–H and O–H groups in total. The van der Waals surface area contributed by atoms with Gasteiger partial charge < -0.3 is 9.88 Å². The Labute approximate surface area is 200 Å².